The summed E-state index contributed by atoms with van der Waals surface area (Å²) in [7, 11) is -4.11. The Bertz CT molecular complexity index is 1130. The average molecular weight is 439 g/mol. The largest absolute Gasteiger partial charge is 0.338 e. The Balaban J connectivity index is 1.89. The third-order valence-corrected chi connectivity index (χ3v) is 7.06. The van der Waals surface area contributed by atoms with Crippen LogP contribution in [-0.2, 0) is 14.6 Å². The second-order valence-electron chi connectivity index (χ2n) is 6.93. The quantitative estimate of drug-likeness (QED) is 0.697. The molecule has 0 bridgehead atoms. The fraction of sp³-hybridized carbons (Fsp3) is 0.250. The lowest BCUT2D eigenvalue weighted by molar-refractivity contribution is -0.127. The normalized spacial score (nSPS) is 18.2. The van der Waals surface area contributed by atoms with Crippen LogP contribution in [0.15, 0.2) is 52.4 Å². The fourth-order valence-electron chi connectivity index (χ4n) is 3.55. The number of fused-ring (bicyclic) bond motifs is 1. The summed E-state index contributed by atoms with van der Waals surface area (Å²) in [6.45, 7) is 0.953. The third-order valence-electron chi connectivity index (χ3n) is 5.04. The molecule has 2 heterocycles. The molecule has 152 valence electrons. The standard InChI is InChI=1S/C20H17ClF2N2O3S/c21-13-4-7-18-17(10-13)25(14-5-6-15(22)16(23)11-14)12-19(29(18,27)28)20(26)24-8-2-1-3-9-24/h4-7,10-12H,1-3,8-9H2. The van der Waals surface area contributed by atoms with Gasteiger partial charge in [-0.15, -0.1) is 0 Å². The highest BCUT2D eigenvalue weighted by atomic mass is 35.5. The first-order valence-electron chi connectivity index (χ1n) is 9.09. The summed E-state index contributed by atoms with van der Waals surface area (Å²) in [5.41, 5.74) is 0.338. The molecule has 0 spiro atoms. The predicted molar refractivity (Wildman–Crippen MR) is 106 cm³/mol. The maximum atomic E-state index is 13.8. The molecule has 0 atom stereocenters. The molecule has 0 saturated carbocycles. The Labute approximate surface area is 172 Å². The van der Waals surface area contributed by atoms with E-state index in [0.29, 0.717) is 13.1 Å². The van der Waals surface area contributed by atoms with Gasteiger partial charge in [-0.25, -0.2) is 17.2 Å². The topological polar surface area (TPSA) is 57.7 Å². The van der Waals surface area contributed by atoms with E-state index in [1.807, 2.05) is 0 Å². The van der Waals surface area contributed by atoms with E-state index in [2.05, 4.69) is 0 Å². The molecule has 5 nitrogen and oxygen atoms in total. The van der Waals surface area contributed by atoms with Crippen LogP contribution in [0.5, 0.6) is 0 Å². The van der Waals surface area contributed by atoms with Crippen molar-refractivity contribution in [3.63, 3.8) is 0 Å². The summed E-state index contributed by atoms with van der Waals surface area (Å²) < 4.78 is 53.6. The number of sulfone groups is 1. The minimum atomic E-state index is -4.11. The van der Waals surface area contributed by atoms with Crippen LogP contribution in [0.4, 0.5) is 20.2 Å². The maximum Gasteiger partial charge on any atom is 0.267 e. The zero-order chi connectivity index (χ0) is 20.8. The Morgan fingerprint density at radius 1 is 0.966 bits per heavy atom. The molecule has 1 saturated heterocycles. The number of benzene rings is 2. The molecular formula is C20H17ClF2N2O3S. The van der Waals surface area contributed by atoms with Gasteiger partial charge in [0.05, 0.1) is 10.6 Å². The van der Waals surface area contributed by atoms with Crippen LogP contribution in [0, 0.1) is 11.6 Å². The van der Waals surface area contributed by atoms with E-state index in [1.165, 1.54) is 34.1 Å². The van der Waals surface area contributed by atoms with Gasteiger partial charge in [0, 0.05) is 36.1 Å². The minimum Gasteiger partial charge on any atom is -0.338 e. The van der Waals surface area contributed by atoms with Gasteiger partial charge in [0.25, 0.3) is 5.91 Å². The number of carbonyl (C=O) groups is 1. The lowest BCUT2D eigenvalue weighted by atomic mass is 10.1. The number of likely N-dealkylation sites (tertiary alicyclic amines) is 1. The molecule has 0 radical (unpaired) electrons. The highest BCUT2D eigenvalue weighted by Gasteiger charge is 2.38. The van der Waals surface area contributed by atoms with E-state index in [4.69, 9.17) is 11.6 Å². The third kappa shape index (κ3) is 3.51. The van der Waals surface area contributed by atoms with Crippen molar-refractivity contribution >= 4 is 38.7 Å². The van der Waals surface area contributed by atoms with Crippen molar-refractivity contribution in [3.05, 3.63) is 64.2 Å². The van der Waals surface area contributed by atoms with Crippen molar-refractivity contribution in [1.82, 2.24) is 4.90 Å². The first kappa shape index (κ1) is 19.8. The maximum absolute atomic E-state index is 13.8. The second-order valence-corrected chi connectivity index (χ2v) is 9.25. The molecule has 2 aliphatic heterocycles. The van der Waals surface area contributed by atoms with Crippen molar-refractivity contribution in [3.8, 4) is 0 Å². The Kier molecular flexibility index (Phi) is 5.08. The van der Waals surface area contributed by atoms with Crippen LogP contribution in [0.2, 0.25) is 5.02 Å². The first-order chi connectivity index (χ1) is 13.8. The molecule has 0 unspecified atom stereocenters. The predicted octanol–water partition coefficient (Wildman–Crippen LogP) is 4.40. The molecule has 1 amide bonds. The molecule has 2 aliphatic rings. The molecule has 0 aromatic heterocycles. The molecule has 9 heteroatoms. The number of rotatable bonds is 2. The second kappa shape index (κ2) is 7.42. The fourth-order valence-corrected chi connectivity index (χ4v) is 5.24. The summed E-state index contributed by atoms with van der Waals surface area (Å²) in [5, 5.41) is 0.269. The van der Waals surface area contributed by atoms with Gasteiger partial charge < -0.3 is 9.80 Å². The lowest BCUT2D eigenvalue weighted by Gasteiger charge is -2.32. The first-order valence-corrected chi connectivity index (χ1v) is 10.9. The highest BCUT2D eigenvalue weighted by molar-refractivity contribution is 7.96. The number of hydrogen-bond donors (Lipinski definition) is 0. The van der Waals surface area contributed by atoms with Gasteiger partial charge in [-0.05, 0) is 49.6 Å². The summed E-state index contributed by atoms with van der Waals surface area (Å²) in [4.78, 5) is 15.4. The molecule has 0 aliphatic carbocycles. The van der Waals surface area contributed by atoms with Gasteiger partial charge in [-0.1, -0.05) is 11.6 Å². The number of halogens is 3. The average Bonchev–Trinajstić information content (AvgIpc) is 2.70. The van der Waals surface area contributed by atoms with Gasteiger partial charge in [0.1, 0.15) is 0 Å². The van der Waals surface area contributed by atoms with Crippen molar-refractivity contribution in [1.29, 1.82) is 0 Å². The Morgan fingerprint density at radius 2 is 1.69 bits per heavy atom. The molecule has 1 fully saturated rings. The number of amides is 1. The van der Waals surface area contributed by atoms with Crippen LogP contribution in [0.25, 0.3) is 0 Å². The van der Waals surface area contributed by atoms with Gasteiger partial charge in [0.15, 0.2) is 16.5 Å². The van der Waals surface area contributed by atoms with Crippen molar-refractivity contribution in [2.45, 2.75) is 24.2 Å². The smallest absolute Gasteiger partial charge is 0.267 e. The van der Waals surface area contributed by atoms with Crippen LogP contribution < -0.4 is 4.90 Å². The van der Waals surface area contributed by atoms with E-state index in [1.54, 1.807) is 0 Å². The van der Waals surface area contributed by atoms with Crippen molar-refractivity contribution in [2.75, 3.05) is 18.0 Å². The number of anilines is 2. The van der Waals surface area contributed by atoms with Crippen LogP contribution in [-0.4, -0.2) is 32.3 Å². The molecule has 2 aromatic carbocycles. The van der Waals surface area contributed by atoms with Gasteiger partial charge >= 0.3 is 0 Å². The van der Waals surface area contributed by atoms with Gasteiger partial charge in [-0.3, -0.25) is 4.79 Å². The van der Waals surface area contributed by atoms with E-state index < -0.39 is 32.3 Å². The van der Waals surface area contributed by atoms with Crippen LogP contribution in [0.1, 0.15) is 19.3 Å². The van der Waals surface area contributed by atoms with Crippen LogP contribution >= 0.6 is 11.6 Å². The molecule has 4 rings (SSSR count). The van der Waals surface area contributed by atoms with Gasteiger partial charge in [-0.2, -0.15) is 0 Å². The summed E-state index contributed by atoms with van der Waals surface area (Å²) in [6.07, 6.45) is 3.76. The van der Waals surface area contributed by atoms with Crippen molar-refractivity contribution < 1.29 is 22.0 Å². The Hall–Kier alpha value is -2.45. The van der Waals surface area contributed by atoms with E-state index in [0.717, 1.165) is 37.6 Å². The molecule has 29 heavy (non-hydrogen) atoms. The number of piperidine rings is 1. The lowest BCUT2D eigenvalue weighted by Crippen LogP contribution is -2.39. The highest BCUT2D eigenvalue weighted by Crippen LogP contribution is 2.41. The van der Waals surface area contributed by atoms with Crippen LogP contribution in [0.3, 0.4) is 0 Å². The number of carbonyl (C=O) groups excluding carboxylic acids is 1. The molecular weight excluding hydrogens is 422 g/mol. The van der Waals surface area contributed by atoms with E-state index in [-0.39, 0.29) is 21.3 Å². The van der Waals surface area contributed by atoms with Crippen molar-refractivity contribution in [2.24, 2.45) is 0 Å². The monoisotopic (exact) mass is 438 g/mol. The molecule has 0 N–H and O–H groups in total. The zero-order valence-corrected chi connectivity index (χ0v) is 16.8. The number of hydrogen-bond acceptors (Lipinski definition) is 4. The summed E-state index contributed by atoms with van der Waals surface area (Å²) >= 11 is 6.05. The Morgan fingerprint density at radius 3 is 2.38 bits per heavy atom. The van der Waals surface area contributed by atoms with E-state index in [9.17, 15) is 22.0 Å². The SMILES string of the molecule is O=C(C1=CN(c2ccc(F)c(F)c2)c2cc(Cl)ccc2S1(=O)=O)N1CCCCC1. The minimum absolute atomic E-state index is 0.116. The van der Waals surface area contributed by atoms with E-state index >= 15 is 0 Å². The van der Waals surface area contributed by atoms with Gasteiger partial charge in [0.2, 0.25) is 9.84 Å². The zero-order valence-electron chi connectivity index (χ0n) is 15.2. The summed E-state index contributed by atoms with van der Waals surface area (Å²) in [6, 6.07) is 7.33. The summed E-state index contributed by atoms with van der Waals surface area (Å²) in [5.74, 6) is -2.71. The molecule has 2 aromatic rings. The number of nitrogens with zero attached hydrogens (tertiary/aromatic N) is 2.